The Morgan fingerprint density at radius 2 is 1.96 bits per heavy atom. The molecule has 26 heavy (non-hydrogen) atoms. The van der Waals surface area contributed by atoms with Crippen LogP contribution >= 0.6 is 23.3 Å². The van der Waals surface area contributed by atoms with E-state index < -0.39 is 0 Å². The number of hydrogen-bond donors (Lipinski definition) is 1. The van der Waals surface area contributed by atoms with Gasteiger partial charge >= 0.3 is 6.03 Å². The van der Waals surface area contributed by atoms with Crippen molar-refractivity contribution in [2.24, 2.45) is 4.99 Å². The maximum absolute atomic E-state index is 12.5. The summed E-state index contributed by atoms with van der Waals surface area (Å²) in [5.74, 6) is 0.640. The summed E-state index contributed by atoms with van der Waals surface area (Å²) in [5.41, 5.74) is 0.946. The van der Waals surface area contributed by atoms with Gasteiger partial charge in [-0.1, -0.05) is 49.0 Å². The predicted molar refractivity (Wildman–Crippen MR) is 107 cm³/mol. The van der Waals surface area contributed by atoms with Crippen molar-refractivity contribution in [1.82, 2.24) is 19.2 Å². The highest BCUT2D eigenvalue weighted by Gasteiger charge is 2.27. The highest BCUT2D eigenvalue weighted by atomic mass is 32.2. The van der Waals surface area contributed by atoms with Crippen molar-refractivity contribution in [3.05, 3.63) is 30.3 Å². The average Bonchev–Trinajstić information content (AvgIpc) is 3.32. The van der Waals surface area contributed by atoms with E-state index in [1.807, 2.05) is 47.0 Å². The fourth-order valence-corrected chi connectivity index (χ4v) is 4.45. The molecule has 0 aliphatic carbocycles. The fraction of sp³-hybridized carbons (Fsp3) is 0.412. The van der Waals surface area contributed by atoms with Gasteiger partial charge < -0.3 is 9.80 Å². The minimum atomic E-state index is -0.116. The van der Waals surface area contributed by atoms with Crippen molar-refractivity contribution >= 4 is 39.6 Å². The Labute approximate surface area is 160 Å². The number of benzene rings is 1. The van der Waals surface area contributed by atoms with Crippen LogP contribution in [-0.2, 0) is 0 Å². The minimum absolute atomic E-state index is 0.116. The molecule has 7 nitrogen and oxygen atoms in total. The molecule has 2 amide bonds. The molecule has 1 aromatic heterocycles. The largest absolute Gasteiger partial charge is 0.348 e. The van der Waals surface area contributed by atoms with Crippen LogP contribution in [-0.4, -0.2) is 68.3 Å². The molecule has 2 aromatic rings. The van der Waals surface area contributed by atoms with E-state index in [9.17, 15) is 4.79 Å². The number of amides is 2. The van der Waals surface area contributed by atoms with Gasteiger partial charge in [0.15, 0.2) is 11.0 Å². The van der Waals surface area contributed by atoms with Gasteiger partial charge in [0.25, 0.3) is 0 Å². The maximum atomic E-state index is 12.5. The van der Waals surface area contributed by atoms with Gasteiger partial charge in [-0.05, 0) is 0 Å². The summed E-state index contributed by atoms with van der Waals surface area (Å²) < 4.78 is 4.33. The topological polar surface area (TPSA) is 73.7 Å². The van der Waals surface area contributed by atoms with E-state index in [2.05, 4.69) is 31.5 Å². The molecule has 1 atom stereocenters. The Morgan fingerprint density at radius 3 is 2.65 bits per heavy atom. The molecule has 0 saturated carbocycles. The average molecular weight is 389 g/mol. The summed E-state index contributed by atoms with van der Waals surface area (Å²) >= 11 is 3.03. The summed E-state index contributed by atoms with van der Waals surface area (Å²) in [6, 6.07) is 9.64. The molecule has 0 unspecified atom stereocenters. The van der Waals surface area contributed by atoms with Gasteiger partial charge in [-0.15, -0.1) is 0 Å². The van der Waals surface area contributed by atoms with Crippen LogP contribution < -0.4 is 5.32 Å². The summed E-state index contributed by atoms with van der Waals surface area (Å²) in [4.78, 5) is 25.6. The number of anilines is 1. The number of aliphatic imine (C=N–C) groups is 1. The third-order valence-corrected chi connectivity index (χ3v) is 6.08. The predicted octanol–water partition coefficient (Wildman–Crippen LogP) is 2.85. The second-order valence-electron chi connectivity index (χ2n) is 6.25. The monoisotopic (exact) mass is 388 g/mol. The molecule has 0 spiro atoms. The summed E-state index contributed by atoms with van der Waals surface area (Å²) in [5, 5.41) is 5.08. The molecule has 1 N–H and O–H groups in total. The molecule has 0 bridgehead atoms. The molecule has 2 aliphatic heterocycles. The molecule has 4 rings (SSSR count). The molecule has 1 saturated heterocycles. The van der Waals surface area contributed by atoms with Gasteiger partial charge in [0, 0.05) is 48.5 Å². The van der Waals surface area contributed by atoms with E-state index in [4.69, 9.17) is 0 Å². The van der Waals surface area contributed by atoms with Crippen molar-refractivity contribution < 1.29 is 4.79 Å². The Hall–Kier alpha value is -2.13. The third-order valence-electron chi connectivity index (χ3n) is 4.30. The van der Waals surface area contributed by atoms with Gasteiger partial charge in [-0.25, -0.2) is 4.79 Å². The Bertz CT molecular complexity index is 801. The van der Waals surface area contributed by atoms with Crippen molar-refractivity contribution in [3.63, 3.8) is 0 Å². The van der Waals surface area contributed by atoms with Crippen LogP contribution in [0.4, 0.5) is 9.93 Å². The lowest BCUT2D eigenvalue weighted by Gasteiger charge is -2.35. The molecule has 9 heteroatoms. The molecule has 136 valence electrons. The lowest BCUT2D eigenvalue weighted by molar-refractivity contribution is 0.182. The minimum Gasteiger partial charge on any atom is -0.348 e. The third kappa shape index (κ3) is 3.83. The van der Waals surface area contributed by atoms with Crippen LogP contribution in [0.1, 0.15) is 6.92 Å². The smallest absolute Gasteiger partial charge is 0.323 e. The zero-order valence-electron chi connectivity index (χ0n) is 14.5. The normalized spacial score (nSPS) is 20.2. The first-order valence-electron chi connectivity index (χ1n) is 8.60. The van der Waals surface area contributed by atoms with E-state index in [1.165, 1.54) is 11.5 Å². The number of amidine groups is 1. The van der Waals surface area contributed by atoms with Crippen LogP contribution in [0.2, 0.25) is 0 Å². The van der Waals surface area contributed by atoms with E-state index in [0.29, 0.717) is 29.3 Å². The van der Waals surface area contributed by atoms with Crippen molar-refractivity contribution in [2.75, 3.05) is 38.0 Å². The number of aromatic nitrogens is 2. The van der Waals surface area contributed by atoms with Gasteiger partial charge in [0.1, 0.15) is 0 Å². The Kier molecular flexibility index (Phi) is 5.07. The number of nitrogens with zero attached hydrogens (tertiary/aromatic N) is 5. The summed E-state index contributed by atoms with van der Waals surface area (Å²) in [7, 11) is 0. The highest BCUT2D eigenvalue weighted by Crippen LogP contribution is 2.24. The van der Waals surface area contributed by atoms with Crippen LogP contribution in [0.15, 0.2) is 35.3 Å². The van der Waals surface area contributed by atoms with Crippen LogP contribution in [0.5, 0.6) is 0 Å². The highest BCUT2D eigenvalue weighted by molar-refractivity contribution is 8.14. The number of nitrogens with one attached hydrogen (secondary N) is 1. The molecule has 3 heterocycles. The molecule has 1 fully saturated rings. The molecule has 2 aliphatic rings. The van der Waals surface area contributed by atoms with Gasteiger partial charge in [-0.3, -0.25) is 10.3 Å². The van der Waals surface area contributed by atoms with E-state index in [-0.39, 0.29) is 6.03 Å². The standard InChI is InChI=1S/C17H20N6OS2/c1-12-11-18-17(25-12)23-9-7-22(8-10-23)16(24)20-15-19-14(21-26-15)13-5-3-2-4-6-13/h2-6,12H,7-11H2,1H3,(H,19,20,21,24)/t12-/m1/s1. The first kappa shape index (κ1) is 17.3. The Morgan fingerprint density at radius 1 is 1.19 bits per heavy atom. The van der Waals surface area contributed by atoms with Gasteiger partial charge in [0.05, 0.1) is 6.54 Å². The van der Waals surface area contributed by atoms with Crippen molar-refractivity contribution in [3.8, 4) is 11.4 Å². The molecule has 1 aromatic carbocycles. The van der Waals surface area contributed by atoms with Crippen LogP contribution in [0.3, 0.4) is 0 Å². The lowest BCUT2D eigenvalue weighted by atomic mass is 10.2. The van der Waals surface area contributed by atoms with Gasteiger partial charge in [0.2, 0.25) is 5.13 Å². The SMILES string of the molecule is C[C@@H]1CN=C(N2CCN(C(=O)Nc3nc(-c4ccccc4)ns3)CC2)S1. The molecular weight excluding hydrogens is 368 g/mol. The maximum Gasteiger partial charge on any atom is 0.323 e. The fourth-order valence-electron chi connectivity index (χ4n) is 2.89. The number of carbonyl (C=O) groups excluding carboxylic acids is 1. The number of hydrogen-bond acceptors (Lipinski definition) is 7. The number of piperazine rings is 1. The second kappa shape index (κ2) is 7.63. The molecule has 0 radical (unpaired) electrons. The van der Waals surface area contributed by atoms with Gasteiger partial charge in [-0.2, -0.15) is 9.36 Å². The zero-order valence-corrected chi connectivity index (χ0v) is 16.1. The zero-order chi connectivity index (χ0) is 17.9. The van der Waals surface area contributed by atoms with E-state index in [1.54, 1.807) is 0 Å². The van der Waals surface area contributed by atoms with Crippen LogP contribution in [0.25, 0.3) is 11.4 Å². The lowest BCUT2D eigenvalue weighted by Crippen LogP contribution is -2.51. The second-order valence-corrected chi connectivity index (χ2v) is 8.40. The quantitative estimate of drug-likeness (QED) is 0.856. The number of carbonyl (C=O) groups is 1. The van der Waals surface area contributed by atoms with Crippen molar-refractivity contribution in [1.29, 1.82) is 0 Å². The van der Waals surface area contributed by atoms with Crippen molar-refractivity contribution in [2.45, 2.75) is 12.2 Å². The summed E-state index contributed by atoms with van der Waals surface area (Å²) in [6.07, 6.45) is 0. The number of rotatable bonds is 2. The Balaban J connectivity index is 1.31. The van der Waals surface area contributed by atoms with E-state index in [0.717, 1.165) is 30.4 Å². The number of thioether (sulfide) groups is 1. The molecular formula is C17H20N6OS2. The first-order chi connectivity index (χ1) is 12.7. The summed E-state index contributed by atoms with van der Waals surface area (Å²) in [6.45, 7) is 6.08. The van der Waals surface area contributed by atoms with Crippen LogP contribution in [0, 0.1) is 0 Å². The first-order valence-corrected chi connectivity index (χ1v) is 10.3. The number of urea groups is 1. The van der Waals surface area contributed by atoms with E-state index >= 15 is 0 Å².